The van der Waals surface area contributed by atoms with Crippen molar-refractivity contribution < 1.29 is 17.6 Å². The molecular weight excluding hydrogens is 403 g/mol. The summed E-state index contributed by atoms with van der Waals surface area (Å²) in [7, 11) is -3.46. The zero-order valence-corrected chi connectivity index (χ0v) is 16.9. The smallest absolute Gasteiger partial charge is 0.243 e. The second kappa shape index (κ2) is 9.03. The number of nitrogens with one attached hydrogen (secondary N) is 1. The first-order valence-corrected chi connectivity index (χ1v) is 11.0. The maximum absolute atomic E-state index is 13.7. The Morgan fingerprint density at radius 1 is 1.07 bits per heavy atom. The first kappa shape index (κ1) is 20.8. The first-order valence-electron chi connectivity index (χ1n) is 9.20. The number of benzene rings is 2. The summed E-state index contributed by atoms with van der Waals surface area (Å²) in [5.74, 6) is -0.892. The topological polar surface area (TPSA) is 66.5 Å². The molecule has 0 aromatic heterocycles. The number of sulfonamides is 1. The second-order valence-corrected chi connectivity index (χ2v) is 9.16. The molecule has 1 N–H and O–H groups in total. The van der Waals surface area contributed by atoms with E-state index in [4.69, 9.17) is 11.6 Å². The fourth-order valence-electron chi connectivity index (χ4n) is 3.15. The molecule has 2 aromatic carbocycles. The minimum absolute atomic E-state index is 0.0421. The van der Waals surface area contributed by atoms with E-state index in [2.05, 4.69) is 5.32 Å². The van der Waals surface area contributed by atoms with Crippen LogP contribution >= 0.6 is 11.6 Å². The van der Waals surface area contributed by atoms with Gasteiger partial charge in [-0.15, -0.1) is 0 Å². The van der Waals surface area contributed by atoms with Crippen LogP contribution in [-0.2, 0) is 21.2 Å². The van der Waals surface area contributed by atoms with Crippen molar-refractivity contribution >= 4 is 33.2 Å². The van der Waals surface area contributed by atoms with E-state index in [0.717, 1.165) is 24.8 Å². The van der Waals surface area contributed by atoms with Crippen LogP contribution in [-0.4, -0.2) is 31.7 Å². The van der Waals surface area contributed by atoms with Gasteiger partial charge in [-0.3, -0.25) is 4.79 Å². The van der Waals surface area contributed by atoms with Crippen molar-refractivity contribution in [1.29, 1.82) is 0 Å². The Balaban J connectivity index is 1.58. The molecule has 1 aliphatic heterocycles. The molecule has 1 fully saturated rings. The Bertz CT molecular complexity index is 942. The fourth-order valence-corrected chi connectivity index (χ4v) is 4.84. The van der Waals surface area contributed by atoms with Crippen LogP contribution in [0.4, 0.5) is 10.1 Å². The molecule has 1 heterocycles. The van der Waals surface area contributed by atoms with Gasteiger partial charge in [0.1, 0.15) is 5.82 Å². The number of rotatable bonds is 6. The highest BCUT2D eigenvalue weighted by Gasteiger charge is 2.25. The highest BCUT2D eigenvalue weighted by molar-refractivity contribution is 7.89. The van der Waals surface area contributed by atoms with Crippen LogP contribution in [0.15, 0.2) is 47.4 Å². The molecule has 0 spiro atoms. The number of piperidine rings is 1. The molecule has 5 nitrogen and oxygen atoms in total. The van der Waals surface area contributed by atoms with Gasteiger partial charge in [0, 0.05) is 24.5 Å². The molecule has 0 saturated carbocycles. The van der Waals surface area contributed by atoms with Crippen molar-refractivity contribution in [2.75, 3.05) is 18.4 Å². The maximum Gasteiger partial charge on any atom is 0.243 e. The second-order valence-electron chi connectivity index (χ2n) is 6.78. The summed E-state index contributed by atoms with van der Waals surface area (Å²) in [6.45, 7) is 1.12. The molecule has 0 bridgehead atoms. The summed E-state index contributed by atoms with van der Waals surface area (Å²) in [6, 6.07) is 10.5. The Hall–Kier alpha value is -1.96. The summed E-state index contributed by atoms with van der Waals surface area (Å²) in [6.07, 6.45) is 3.40. The molecule has 8 heteroatoms. The van der Waals surface area contributed by atoms with Gasteiger partial charge < -0.3 is 5.32 Å². The number of hydrogen-bond acceptors (Lipinski definition) is 3. The van der Waals surface area contributed by atoms with Gasteiger partial charge in [-0.1, -0.05) is 30.2 Å². The van der Waals surface area contributed by atoms with Crippen LogP contribution in [0, 0.1) is 5.82 Å². The van der Waals surface area contributed by atoms with Crippen molar-refractivity contribution in [3.63, 3.8) is 0 Å². The molecule has 0 radical (unpaired) electrons. The van der Waals surface area contributed by atoms with Crippen molar-refractivity contribution in [3.8, 4) is 0 Å². The lowest BCUT2D eigenvalue weighted by Crippen LogP contribution is -2.35. The highest BCUT2D eigenvalue weighted by Crippen LogP contribution is 2.22. The fraction of sp³-hybridized carbons (Fsp3) is 0.350. The third-order valence-corrected chi connectivity index (χ3v) is 6.87. The van der Waals surface area contributed by atoms with Crippen LogP contribution in [0.2, 0.25) is 5.02 Å². The lowest BCUT2D eigenvalue weighted by molar-refractivity contribution is -0.116. The third-order valence-electron chi connectivity index (χ3n) is 4.72. The van der Waals surface area contributed by atoms with Crippen LogP contribution in [0.3, 0.4) is 0 Å². The molecule has 0 unspecified atom stereocenters. The monoisotopic (exact) mass is 424 g/mol. The van der Waals surface area contributed by atoms with Gasteiger partial charge in [-0.05, 0) is 55.2 Å². The number of halogens is 2. The molecule has 1 amide bonds. The summed E-state index contributed by atoms with van der Waals surface area (Å²) < 4.78 is 40.5. The predicted octanol–water partition coefficient (Wildman–Crippen LogP) is 4.23. The van der Waals surface area contributed by atoms with E-state index in [1.807, 2.05) is 0 Å². The summed E-state index contributed by atoms with van der Waals surface area (Å²) in [5, 5.41) is 2.83. The molecular formula is C20H22ClFN2O3S. The first-order chi connectivity index (χ1) is 13.4. The average Bonchev–Trinajstić information content (AvgIpc) is 2.70. The number of aryl methyl sites for hydroxylation is 1. The molecule has 1 aliphatic rings. The average molecular weight is 425 g/mol. The van der Waals surface area contributed by atoms with Crippen LogP contribution in [0.5, 0.6) is 0 Å². The SMILES string of the molecule is O=C(CCc1ccc(S(=O)(=O)N2CCCCC2)cc1)Nc1cc(Cl)ccc1F. The van der Waals surface area contributed by atoms with Crippen molar-refractivity contribution in [2.45, 2.75) is 37.0 Å². The van der Waals surface area contributed by atoms with Crippen LogP contribution in [0.1, 0.15) is 31.2 Å². The standard InChI is InChI=1S/C20H22ClFN2O3S/c21-16-7-10-18(22)19(14-16)23-20(25)11-6-15-4-8-17(9-5-15)28(26,27)24-12-2-1-3-13-24/h4-5,7-10,14H,1-3,6,11-13H2,(H,23,25). The lowest BCUT2D eigenvalue weighted by Gasteiger charge is -2.25. The van der Waals surface area contributed by atoms with E-state index < -0.39 is 15.8 Å². The van der Waals surface area contributed by atoms with E-state index in [-0.39, 0.29) is 22.9 Å². The quantitative estimate of drug-likeness (QED) is 0.754. The Kier molecular flexibility index (Phi) is 6.69. The van der Waals surface area contributed by atoms with Gasteiger partial charge in [0.2, 0.25) is 15.9 Å². The van der Waals surface area contributed by atoms with Gasteiger partial charge in [-0.2, -0.15) is 4.31 Å². The summed E-state index contributed by atoms with van der Waals surface area (Å²) in [4.78, 5) is 12.3. The summed E-state index contributed by atoms with van der Waals surface area (Å²) >= 11 is 5.81. The minimum atomic E-state index is -3.46. The van der Waals surface area contributed by atoms with Crippen LogP contribution < -0.4 is 5.32 Å². The third kappa shape index (κ3) is 5.10. The molecule has 0 atom stereocenters. The van der Waals surface area contributed by atoms with E-state index in [1.165, 1.54) is 22.5 Å². The van der Waals surface area contributed by atoms with E-state index in [9.17, 15) is 17.6 Å². The molecule has 28 heavy (non-hydrogen) atoms. The Morgan fingerprint density at radius 3 is 2.43 bits per heavy atom. The zero-order chi connectivity index (χ0) is 20.1. The van der Waals surface area contributed by atoms with Gasteiger partial charge in [-0.25, -0.2) is 12.8 Å². The van der Waals surface area contributed by atoms with Gasteiger partial charge in [0.15, 0.2) is 0 Å². The van der Waals surface area contributed by atoms with Crippen LogP contribution in [0.25, 0.3) is 0 Å². The largest absolute Gasteiger partial charge is 0.324 e. The molecule has 0 aliphatic carbocycles. The lowest BCUT2D eigenvalue weighted by atomic mass is 10.1. The maximum atomic E-state index is 13.7. The number of carbonyl (C=O) groups is 1. The number of hydrogen-bond donors (Lipinski definition) is 1. The molecule has 1 saturated heterocycles. The number of carbonyl (C=O) groups excluding carboxylic acids is 1. The van der Waals surface area contributed by atoms with Crippen molar-refractivity contribution in [2.24, 2.45) is 0 Å². The number of anilines is 1. The van der Waals surface area contributed by atoms with Gasteiger partial charge >= 0.3 is 0 Å². The Labute approximate surface area is 169 Å². The molecule has 3 rings (SSSR count). The Morgan fingerprint density at radius 2 is 1.75 bits per heavy atom. The number of nitrogens with zero attached hydrogens (tertiary/aromatic N) is 1. The molecule has 150 valence electrons. The van der Waals surface area contributed by atoms with Gasteiger partial charge in [0.05, 0.1) is 10.6 Å². The number of amides is 1. The van der Waals surface area contributed by atoms with Crippen molar-refractivity contribution in [1.82, 2.24) is 4.31 Å². The van der Waals surface area contributed by atoms with E-state index >= 15 is 0 Å². The minimum Gasteiger partial charge on any atom is -0.324 e. The summed E-state index contributed by atoms with van der Waals surface area (Å²) in [5.41, 5.74) is 0.875. The molecule has 2 aromatic rings. The predicted molar refractivity (Wildman–Crippen MR) is 107 cm³/mol. The normalized spacial score (nSPS) is 15.4. The van der Waals surface area contributed by atoms with Gasteiger partial charge in [0.25, 0.3) is 0 Å². The van der Waals surface area contributed by atoms with E-state index in [1.54, 1.807) is 24.3 Å². The van der Waals surface area contributed by atoms with E-state index in [0.29, 0.717) is 24.5 Å². The zero-order valence-electron chi connectivity index (χ0n) is 15.3. The highest BCUT2D eigenvalue weighted by atomic mass is 35.5. The van der Waals surface area contributed by atoms with Crippen molar-refractivity contribution in [3.05, 3.63) is 58.9 Å².